The van der Waals surface area contributed by atoms with Crippen molar-refractivity contribution in [3.63, 3.8) is 0 Å². The van der Waals surface area contributed by atoms with Crippen molar-refractivity contribution in [2.45, 2.75) is 13.5 Å². The number of benzene rings is 1. The normalized spacial score (nSPS) is 13.9. The van der Waals surface area contributed by atoms with E-state index in [1.54, 1.807) is 6.07 Å². The van der Waals surface area contributed by atoms with Gasteiger partial charge in [0, 0.05) is 17.8 Å². The van der Waals surface area contributed by atoms with Gasteiger partial charge in [0.25, 0.3) is 0 Å². The molecule has 2 heterocycles. The van der Waals surface area contributed by atoms with Crippen molar-refractivity contribution in [1.82, 2.24) is 4.98 Å². The molecule has 1 aromatic heterocycles. The van der Waals surface area contributed by atoms with Crippen molar-refractivity contribution >= 4 is 5.82 Å². The maximum absolute atomic E-state index is 9.08. The van der Waals surface area contributed by atoms with Gasteiger partial charge in [-0.05, 0) is 25.1 Å². The zero-order chi connectivity index (χ0) is 13.9. The van der Waals surface area contributed by atoms with Gasteiger partial charge in [0.2, 0.25) is 0 Å². The highest BCUT2D eigenvalue weighted by Gasteiger charge is 2.16. The molecule has 0 saturated heterocycles. The Hall–Kier alpha value is -2.54. The minimum Gasteiger partial charge on any atom is -0.491 e. The van der Waals surface area contributed by atoms with Crippen molar-refractivity contribution in [1.29, 1.82) is 5.26 Å². The van der Waals surface area contributed by atoms with E-state index in [0.717, 1.165) is 35.9 Å². The summed E-state index contributed by atoms with van der Waals surface area (Å²) in [4.78, 5) is 6.69. The van der Waals surface area contributed by atoms with Crippen molar-refractivity contribution in [3.8, 4) is 11.8 Å². The van der Waals surface area contributed by atoms with Crippen molar-refractivity contribution < 1.29 is 4.74 Å². The van der Waals surface area contributed by atoms with Crippen LogP contribution in [0.25, 0.3) is 0 Å². The van der Waals surface area contributed by atoms with Crippen LogP contribution in [0.5, 0.6) is 5.75 Å². The second-order valence-electron chi connectivity index (χ2n) is 4.84. The van der Waals surface area contributed by atoms with Gasteiger partial charge in [-0.25, -0.2) is 4.98 Å². The number of aryl methyl sites for hydroxylation is 1. The molecular weight excluding hydrogens is 250 g/mol. The summed E-state index contributed by atoms with van der Waals surface area (Å²) in [6.07, 6.45) is 0. The summed E-state index contributed by atoms with van der Waals surface area (Å²) in [5.74, 6) is 1.77. The summed E-state index contributed by atoms with van der Waals surface area (Å²) in [5.41, 5.74) is 2.65. The van der Waals surface area contributed by atoms with E-state index in [1.165, 1.54) is 0 Å². The molecule has 20 heavy (non-hydrogen) atoms. The predicted octanol–water partition coefficient (Wildman–Crippen LogP) is 2.66. The van der Waals surface area contributed by atoms with Gasteiger partial charge in [0.1, 0.15) is 18.2 Å². The monoisotopic (exact) mass is 265 g/mol. The molecule has 0 fully saturated rings. The van der Waals surface area contributed by atoms with E-state index in [0.29, 0.717) is 12.2 Å². The van der Waals surface area contributed by atoms with Crippen LogP contribution in [-0.4, -0.2) is 18.1 Å². The van der Waals surface area contributed by atoms with Gasteiger partial charge in [-0.2, -0.15) is 5.26 Å². The summed E-state index contributed by atoms with van der Waals surface area (Å²) in [5, 5.41) is 9.08. The quantitative estimate of drug-likeness (QED) is 0.795. The molecular formula is C16H15N3O. The zero-order valence-electron chi connectivity index (χ0n) is 11.3. The molecule has 2 aromatic rings. The number of hydrogen-bond donors (Lipinski definition) is 0. The highest BCUT2D eigenvalue weighted by molar-refractivity contribution is 5.49. The standard InChI is InChI=1S/C16H15N3O/c1-12-8-13(10-17)9-16(18-12)19-6-7-20-15-5-3-2-4-14(15)11-19/h2-5,8-9H,6-7,11H2,1H3. The Balaban J connectivity index is 1.95. The number of nitriles is 1. The Bertz CT molecular complexity index is 676. The van der Waals surface area contributed by atoms with Crippen LogP contribution >= 0.6 is 0 Å². The van der Waals surface area contributed by atoms with Crippen LogP contribution in [0.2, 0.25) is 0 Å². The summed E-state index contributed by atoms with van der Waals surface area (Å²) >= 11 is 0. The number of aromatic nitrogens is 1. The molecule has 4 nitrogen and oxygen atoms in total. The van der Waals surface area contributed by atoms with Crippen LogP contribution in [0.1, 0.15) is 16.8 Å². The summed E-state index contributed by atoms with van der Waals surface area (Å²) in [6.45, 7) is 4.04. The fourth-order valence-electron chi connectivity index (χ4n) is 2.40. The van der Waals surface area contributed by atoms with Crippen LogP contribution in [0, 0.1) is 18.3 Å². The smallest absolute Gasteiger partial charge is 0.130 e. The fourth-order valence-corrected chi connectivity index (χ4v) is 2.40. The average molecular weight is 265 g/mol. The van der Waals surface area contributed by atoms with E-state index in [4.69, 9.17) is 10.00 Å². The highest BCUT2D eigenvalue weighted by Crippen LogP contribution is 2.25. The molecule has 0 spiro atoms. The molecule has 0 saturated carbocycles. The number of pyridine rings is 1. The Morgan fingerprint density at radius 1 is 1.30 bits per heavy atom. The van der Waals surface area contributed by atoms with E-state index in [2.05, 4.69) is 22.0 Å². The Kier molecular flexibility index (Phi) is 3.26. The lowest BCUT2D eigenvalue weighted by Gasteiger charge is -2.21. The molecule has 0 radical (unpaired) electrons. The second kappa shape index (κ2) is 5.22. The van der Waals surface area contributed by atoms with Crippen molar-refractivity contribution in [3.05, 3.63) is 53.2 Å². The number of anilines is 1. The summed E-state index contributed by atoms with van der Waals surface area (Å²) < 4.78 is 5.75. The maximum atomic E-state index is 9.08. The molecule has 1 aliphatic heterocycles. The third kappa shape index (κ3) is 2.43. The molecule has 0 N–H and O–H groups in total. The highest BCUT2D eigenvalue weighted by atomic mass is 16.5. The van der Waals surface area contributed by atoms with Gasteiger partial charge in [0.05, 0.1) is 18.2 Å². The third-order valence-corrected chi connectivity index (χ3v) is 3.35. The minimum atomic E-state index is 0.620. The second-order valence-corrected chi connectivity index (χ2v) is 4.84. The zero-order valence-corrected chi connectivity index (χ0v) is 11.3. The number of rotatable bonds is 1. The largest absolute Gasteiger partial charge is 0.491 e. The molecule has 1 aliphatic rings. The molecule has 0 bridgehead atoms. The molecule has 0 atom stereocenters. The third-order valence-electron chi connectivity index (χ3n) is 3.35. The molecule has 3 rings (SSSR count). The van der Waals surface area contributed by atoms with Crippen LogP contribution in [0.15, 0.2) is 36.4 Å². The van der Waals surface area contributed by atoms with Gasteiger partial charge >= 0.3 is 0 Å². The first kappa shape index (κ1) is 12.5. The maximum Gasteiger partial charge on any atom is 0.130 e. The number of fused-ring (bicyclic) bond motifs is 1. The van der Waals surface area contributed by atoms with Crippen LogP contribution in [0.4, 0.5) is 5.82 Å². The van der Waals surface area contributed by atoms with Gasteiger partial charge in [-0.15, -0.1) is 0 Å². The fraction of sp³-hybridized carbons (Fsp3) is 0.250. The molecule has 0 unspecified atom stereocenters. The first-order valence-electron chi connectivity index (χ1n) is 6.61. The topological polar surface area (TPSA) is 49.2 Å². The lowest BCUT2D eigenvalue weighted by Crippen LogP contribution is -2.26. The molecule has 100 valence electrons. The van der Waals surface area contributed by atoms with Crippen molar-refractivity contribution in [2.75, 3.05) is 18.1 Å². The Labute approximate surface area is 118 Å². The molecule has 1 aromatic carbocycles. The SMILES string of the molecule is Cc1cc(C#N)cc(N2CCOc3ccccc3C2)n1. The molecule has 0 aliphatic carbocycles. The van der Waals surface area contributed by atoms with Crippen LogP contribution in [-0.2, 0) is 6.54 Å². The molecule has 0 amide bonds. The van der Waals surface area contributed by atoms with Crippen molar-refractivity contribution in [2.24, 2.45) is 0 Å². The summed E-state index contributed by atoms with van der Waals surface area (Å²) in [7, 11) is 0. The van der Waals surface area contributed by atoms with E-state index >= 15 is 0 Å². The van der Waals surface area contributed by atoms with Gasteiger partial charge in [0.15, 0.2) is 0 Å². The Morgan fingerprint density at radius 2 is 2.15 bits per heavy atom. The summed E-state index contributed by atoms with van der Waals surface area (Å²) in [6, 6.07) is 13.9. The van der Waals surface area contributed by atoms with Crippen LogP contribution < -0.4 is 9.64 Å². The lowest BCUT2D eigenvalue weighted by molar-refractivity contribution is 0.331. The van der Waals surface area contributed by atoms with E-state index in [-0.39, 0.29) is 0 Å². The van der Waals surface area contributed by atoms with E-state index < -0.39 is 0 Å². The lowest BCUT2D eigenvalue weighted by atomic mass is 10.2. The number of nitrogens with zero attached hydrogens (tertiary/aromatic N) is 3. The Morgan fingerprint density at radius 3 is 3.00 bits per heavy atom. The first-order chi connectivity index (χ1) is 9.76. The van der Waals surface area contributed by atoms with Gasteiger partial charge < -0.3 is 9.64 Å². The predicted molar refractivity (Wildman–Crippen MR) is 76.7 cm³/mol. The van der Waals surface area contributed by atoms with Crippen LogP contribution in [0.3, 0.4) is 0 Å². The minimum absolute atomic E-state index is 0.620. The van der Waals surface area contributed by atoms with E-state index in [1.807, 2.05) is 31.2 Å². The average Bonchev–Trinajstić information content (AvgIpc) is 2.68. The van der Waals surface area contributed by atoms with Gasteiger partial charge in [-0.3, -0.25) is 0 Å². The number of hydrogen-bond acceptors (Lipinski definition) is 4. The molecule has 4 heteroatoms. The van der Waals surface area contributed by atoms with Gasteiger partial charge in [-0.1, -0.05) is 18.2 Å². The van der Waals surface area contributed by atoms with E-state index in [9.17, 15) is 0 Å². The number of ether oxygens (including phenoxy) is 1. The first-order valence-corrected chi connectivity index (χ1v) is 6.61. The number of para-hydroxylation sites is 1.